The molecule has 0 bridgehead atoms. The van der Waals surface area contributed by atoms with Gasteiger partial charge in [0.1, 0.15) is 4.21 Å². The molecule has 2 N–H and O–H groups in total. The molecule has 0 radical (unpaired) electrons. The lowest BCUT2D eigenvalue weighted by Gasteiger charge is -2.17. The van der Waals surface area contributed by atoms with E-state index in [1.54, 1.807) is 11.4 Å². The van der Waals surface area contributed by atoms with Crippen molar-refractivity contribution in [2.45, 2.75) is 30.5 Å². The van der Waals surface area contributed by atoms with Crippen molar-refractivity contribution in [2.24, 2.45) is 0 Å². The fourth-order valence-electron chi connectivity index (χ4n) is 1.54. The van der Waals surface area contributed by atoms with Gasteiger partial charge in [-0.25, -0.2) is 0 Å². The average Bonchev–Trinajstić information content (AvgIpc) is 2.89. The van der Waals surface area contributed by atoms with Crippen molar-refractivity contribution < 1.29 is 22.2 Å². The van der Waals surface area contributed by atoms with Crippen LogP contribution in [0.3, 0.4) is 0 Å². The third-order valence-corrected chi connectivity index (χ3v) is 5.08. The summed E-state index contributed by atoms with van der Waals surface area (Å²) in [6, 6.07) is 2.57. The molecule has 0 saturated heterocycles. The molecule has 0 aromatic carbocycles. The summed E-state index contributed by atoms with van der Waals surface area (Å²) in [5.74, 6) is -0.483. The van der Waals surface area contributed by atoms with Crippen molar-refractivity contribution in [3.05, 3.63) is 17.5 Å². The normalized spacial score (nSPS) is 12.7. The Morgan fingerprint density at radius 2 is 2.05 bits per heavy atom. The molecule has 1 aromatic heterocycles. The van der Waals surface area contributed by atoms with Crippen LogP contribution in [0.4, 0.5) is 0 Å². The van der Waals surface area contributed by atoms with Gasteiger partial charge >= 0.3 is 10.1 Å². The van der Waals surface area contributed by atoms with Gasteiger partial charge in [0.05, 0.1) is 12.6 Å². The highest BCUT2D eigenvalue weighted by molar-refractivity contribution is 7.89. The Balaban J connectivity index is 2.56. The van der Waals surface area contributed by atoms with Crippen LogP contribution in [0, 0.1) is 0 Å². The van der Waals surface area contributed by atoms with Gasteiger partial charge in [-0.2, -0.15) is 8.42 Å². The maximum atomic E-state index is 11.9. The van der Waals surface area contributed by atoms with E-state index in [0.717, 1.165) is 11.3 Å². The van der Waals surface area contributed by atoms with Crippen LogP contribution in [0.1, 0.15) is 20.3 Å². The third-order valence-electron chi connectivity index (χ3n) is 2.44. The van der Waals surface area contributed by atoms with Crippen LogP contribution in [0.25, 0.3) is 0 Å². The van der Waals surface area contributed by atoms with Crippen molar-refractivity contribution in [2.75, 3.05) is 13.2 Å². The van der Waals surface area contributed by atoms with Gasteiger partial charge in [0.2, 0.25) is 11.8 Å². The van der Waals surface area contributed by atoms with E-state index in [4.69, 9.17) is 4.18 Å². The van der Waals surface area contributed by atoms with Gasteiger partial charge in [-0.15, -0.1) is 11.3 Å². The van der Waals surface area contributed by atoms with E-state index < -0.39 is 16.2 Å². The lowest BCUT2D eigenvalue weighted by Crippen LogP contribution is -2.40. The van der Waals surface area contributed by atoms with E-state index in [2.05, 4.69) is 10.6 Å². The van der Waals surface area contributed by atoms with Crippen molar-refractivity contribution in [3.63, 3.8) is 0 Å². The van der Waals surface area contributed by atoms with E-state index in [9.17, 15) is 18.0 Å². The SMILES string of the molecule is CC(=O)NCCC(COS(=O)(=O)c1cccs1)NC(C)=O. The molecule has 0 saturated carbocycles. The maximum Gasteiger partial charge on any atom is 0.306 e. The molecule has 1 unspecified atom stereocenters. The number of hydrogen-bond donors (Lipinski definition) is 2. The van der Waals surface area contributed by atoms with Crippen LogP contribution < -0.4 is 10.6 Å². The molecule has 0 aliphatic carbocycles. The second-order valence-corrected chi connectivity index (χ2v) is 7.13. The number of carbonyl (C=O) groups excluding carboxylic acids is 2. The Morgan fingerprint density at radius 1 is 1.33 bits per heavy atom. The lowest BCUT2D eigenvalue weighted by atomic mass is 10.2. The molecule has 0 aliphatic rings. The number of carbonyl (C=O) groups is 2. The summed E-state index contributed by atoms with van der Waals surface area (Å²) in [6.45, 7) is 2.85. The monoisotopic (exact) mass is 334 g/mol. The predicted octanol–water partition coefficient (Wildman–Crippen LogP) is 0.484. The predicted molar refractivity (Wildman–Crippen MR) is 78.4 cm³/mol. The highest BCUT2D eigenvalue weighted by atomic mass is 32.3. The number of thiophene rings is 1. The maximum absolute atomic E-state index is 11.9. The first-order chi connectivity index (χ1) is 9.81. The molecule has 7 nitrogen and oxygen atoms in total. The quantitative estimate of drug-likeness (QED) is 0.674. The lowest BCUT2D eigenvalue weighted by molar-refractivity contribution is -0.119. The third kappa shape index (κ3) is 6.69. The Hall–Kier alpha value is -1.45. The molecule has 0 fully saturated rings. The highest BCUT2D eigenvalue weighted by Gasteiger charge is 2.19. The van der Waals surface area contributed by atoms with Gasteiger partial charge < -0.3 is 10.6 Å². The minimum absolute atomic E-state index is 0.117. The molecule has 21 heavy (non-hydrogen) atoms. The van der Waals surface area contributed by atoms with Crippen LogP contribution in [0.15, 0.2) is 21.7 Å². The fraction of sp³-hybridized carbons (Fsp3) is 0.500. The minimum Gasteiger partial charge on any atom is -0.356 e. The summed E-state index contributed by atoms with van der Waals surface area (Å²) in [6.07, 6.45) is 0.374. The average molecular weight is 334 g/mol. The molecule has 1 aromatic rings. The van der Waals surface area contributed by atoms with E-state index in [1.807, 2.05) is 0 Å². The molecule has 0 spiro atoms. The number of hydrogen-bond acceptors (Lipinski definition) is 6. The Morgan fingerprint density at radius 3 is 2.57 bits per heavy atom. The van der Waals surface area contributed by atoms with Gasteiger partial charge in [-0.05, 0) is 17.9 Å². The number of nitrogens with one attached hydrogen (secondary N) is 2. The zero-order valence-electron chi connectivity index (χ0n) is 11.8. The van der Waals surface area contributed by atoms with Gasteiger partial charge in [-0.1, -0.05) is 6.07 Å². The first-order valence-electron chi connectivity index (χ1n) is 6.25. The Kier molecular flexibility index (Phi) is 6.79. The van der Waals surface area contributed by atoms with E-state index in [-0.39, 0.29) is 22.6 Å². The highest BCUT2D eigenvalue weighted by Crippen LogP contribution is 2.18. The van der Waals surface area contributed by atoms with Crippen molar-refractivity contribution in [1.82, 2.24) is 10.6 Å². The van der Waals surface area contributed by atoms with Gasteiger partial charge in [-0.3, -0.25) is 13.8 Å². The summed E-state index contributed by atoms with van der Waals surface area (Å²) in [7, 11) is -3.81. The molecule has 1 atom stereocenters. The number of amides is 2. The van der Waals surface area contributed by atoms with Gasteiger partial charge in [0, 0.05) is 20.4 Å². The Labute approximate surface area is 127 Å². The van der Waals surface area contributed by atoms with Crippen LogP contribution in [0.5, 0.6) is 0 Å². The second-order valence-electron chi connectivity index (χ2n) is 4.34. The second kappa shape index (κ2) is 8.11. The van der Waals surface area contributed by atoms with Crippen LogP contribution >= 0.6 is 11.3 Å². The van der Waals surface area contributed by atoms with Gasteiger partial charge in [0.15, 0.2) is 0 Å². The number of rotatable bonds is 8. The molecule has 118 valence electrons. The summed E-state index contributed by atoms with van der Waals surface area (Å²) < 4.78 is 28.8. The van der Waals surface area contributed by atoms with E-state index in [1.165, 1.54) is 19.9 Å². The van der Waals surface area contributed by atoms with Crippen LogP contribution in [0.2, 0.25) is 0 Å². The molecule has 9 heteroatoms. The first-order valence-corrected chi connectivity index (χ1v) is 8.54. The van der Waals surface area contributed by atoms with Crippen LogP contribution in [-0.4, -0.2) is 39.4 Å². The summed E-state index contributed by atoms with van der Waals surface area (Å²) in [5, 5.41) is 6.81. The standard InChI is InChI=1S/C12H18N2O5S2/c1-9(15)13-6-5-11(14-10(2)16)8-19-21(17,18)12-4-3-7-20-12/h3-4,7,11H,5-6,8H2,1-2H3,(H,13,15)(H,14,16). The Bertz CT molecular complexity index is 568. The molecule has 1 rings (SSSR count). The molecule has 0 aliphatic heterocycles. The molecule has 1 heterocycles. The zero-order valence-corrected chi connectivity index (χ0v) is 13.4. The van der Waals surface area contributed by atoms with Crippen molar-refractivity contribution in [1.29, 1.82) is 0 Å². The van der Waals surface area contributed by atoms with Crippen molar-refractivity contribution >= 4 is 33.3 Å². The summed E-state index contributed by atoms with van der Waals surface area (Å²) >= 11 is 1.06. The van der Waals surface area contributed by atoms with Gasteiger partial charge in [0.25, 0.3) is 0 Å². The molecule has 2 amide bonds. The topological polar surface area (TPSA) is 102 Å². The molecular weight excluding hydrogens is 316 g/mol. The largest absolute Gasteiger partial charge is 0.356 e. The van der Waals surface area contributed by atoms with E-state index in [0.29, 0.717) is 13.0 Å². The van der Waals surface area contributed by atoms with Crippen molar-refractivity contribution in [3.8, 4) is 0 Å². The summed E-state index contributed by atoms with van der Waals surface area (Å²) in [5.41, 5.74) is 0. The fourth-order valence-corrected chi connectivity index (χ4v) is 3.48. The first kappa shape index (κ1) is 17.6. The van der Waals surface area contributed by atoms with E-state index >= 15 is 0 Å². The smallest absolute Gasteiger partial charge is 0.306 e. The molecular formula is C12H18N2O5S2. The summed E-state index contributed by atoms with van der Waals surface area (Å²) in [4.78, 5) is 21.9. The zero-order chi connectivity index (χ0) is 15.9. The minimum atomic E-state index is -3.81. The van der Waals surface area contributed by atoms with Crippen LogP contribution in [-0.2, 0) is 23.9 Å².